The van der Waals surface area contributed by atoms with Gasteiger partial charge >= 0.3 is 0 Å². The summed E-state index contributed by atoms with van der Waals surface area (Å²) >= 11 is 0. The summed E-state index contributed by atoms with van der Waals surface area (Å²) < 4.78 is 23.9. The summed E-state index contributed by atoms with van der Waals surface area (Å²) in [5.41, 5.74) is 0.884. The molecular weight excluding hydrogens is 286 g/mol. The molecule has 0 fully saturated rings. The third-order valence-electron chi connectivity index (χ3n) is 3.49. The van der Waals surface area contributed by atoms with E-state index in [1.165, 1.54) is 0 Å². The van der Waals surface area contributed by atoms with Crippen LogP contribution in [0.15, 0.2) is 29.2 Å². The van der Waals surface area contributed by atoms with E-state index >= 15 is 0 Å². The van der Waals surface area contributed by atoms with E-state index in [1.807, 2.05) is 6.92 Å². The van der Waals surface area contributed by atoms with Crippen LogP contribution in [0.4, 0.5) is 5.69 Å². The zero-order valence-corrected chi connectivity index (χ0v) is 14.2. The van der Waals surface area contributed by atoms with Crippen LogP contribution in [0.25, 0.3) is 0 Å². The Bertz CT molecular complexity index is 530. The van der Waals surface area contributed by atoms with Gasteiger partial charge in [0, 0.05) is 18.3 Å². The standard InChI is InChI=1S/C16H27NO3S/c1-5-12-21(19,20)14-8-6-13(7-9-14)17-15(10-11-18)16(2,3)4/h6-9,15,17-18H,5,10-12H2,1-4H3. The van der Waals surface area contributed by atoms with Gasteiger partial charge in [-0.3, -0.25) is 0 Å². The summed E-state index contributed by atoms with van der Waals surface area (Å²) in [7, 11) is -3.16. The minimum atomic E-state index is -3.16. The second kappa shape index (κ2) is 7.27. The Balaban J connectivity index is 2.87. The molecule has 0 saturated heterocycles. The molecule has 0 amide bonds. The number of nitrogens with one attached hydrogen (secondary N) is 1. The Kier molecular flexibility index (Phi) is 6.23. The first-order valence-corrected chi connectivity index (χ1v) is 9.06. The average molecular weight is 313 g/mol. The number of rotatable bonds is 7. The SMILES string of the molecule is CCCS(=O)(=O)c1ccc(NC(CCO)C(C)(C)C)cc1. The lowest BCUT2D eigenvalue weighted by molar-refractivity contribution is 0.235. The van der Waals surface area contributed by atoms with Crippen LogP contribution in [0.3, 0.4) is 0 Å². The first kappa shape index (κ1) is 18.0. The highest BCUT2D eigenvalue weighted by Crippen LogP contribution is 2.26. The molecule has 120 valence electrons. The van der Waals surface area contributed by atoms with Crippen molar-refractivity contribution in [1.82, 2.24) is 0 Å². The second-order valence-corrected chi connectivity index (χ2v) is 8.53. The molecule has 1 aromatic rings. The van der Waals surface area contributed by atoms with Crippen molar-refractivity contribution < 1.29 is 13.5 Å². The number of benzene rings is 1. The molecule has 2 N–H and O–H groups in total. The maximum atomic E-state index is 12.0. The van der Waals surface area contributed by atoms with Crippen LogP contribution >= 0.6 is 0 Å². The summed E-state index contributed by atoms with van der Waals surface area (Å²) in [6, 6.07) is 7.00. The molecule has 21 heavy (non-hydrogen) atoms. The van der Waals surface area contributed by atoms with Crippen molar-refractivity contribution in [1.29, 1.82) is 0 Å². The van der Waals surface area contributed by atoms with Crippen LogP contribution in [0, 0.1) is 5.41 Å². The van der Waals surface area contributed by atoms with Crippen molar-refractivity contribution >= 4 is 15.5 Å². The van der Waals surface area contributed by atoms with Gasteiger partial charge in [-0.2, -0.15) is 0 Å². The molecule has 1 aromatic carbocycles. The lowest BCUT2D eigenvalue weighted by Gasteiger charge is -2.32. The van der Waals surface area contributed by atoms with Gasteiger partial charge in [0.15, 0.2) is 9.84 Å². The first-order chi connectivity index (χ1) is 9.70. The molecule has 0 aromatic heterocycles. The van der Waals surface area contributed by atoms with Gasteiger partial charge in [0.25, 0.3) is 0 Å². The van der Waals surface area contributed by atoms with E-state index in [0.717, 1.165) is 5.69 Å². The number of hydrogen-bond donors (Lipinski definition) is 2. The van der Waals surface area contributed by atoms with Crippen LogP contribution in [0.5, 0.6) is 0 Å². The van der Waals surface area contributed by atoms with E-state index in [-0.39, 0.29) is 23.8 Å². The number of aliphatic hydroxyl groups is 1. The van der Waals surface area contributed by atoms with E-state index in [0.29, 0.717) is 17.7 Å². The Labute approximate surface area is 128 Å². The minimum absolute atomic E-state index is 0.00961. The maximum Gasteiger partial charge on any atom is 0.178 e. The molecule has 0 saturated carbocycles. The molecule has 4 nitrogen and oxygen atoms in total. The van der Waals surface area contributed by atoms with Crippen molar-refractivity contribution in [2.75, 3.05) is 17.7 Å². The zero-order valence-electron chi connectivity index (χ0n) is 13.4. The smallest absolute Gasteiger partial charge is 0.178 e. The summed E-state index contributed by atoms with van der Waals surface area (Å²) in [6.07, 6.45) is 1.27. The Morgan fingerprint density at radius 1 is 1.19 bits per heavy atom. The van der Waals surface area contributed by atoms with Crippen LogP contribution in [-0.4, -0.2) is 31.9 Å². The highest BCUT2D eigenvalue weighted by Gasteiger charge is 2.24. The third kappa shape index (κ3) is 5.32. The molecule has 0 bridgehead atoms. The van der Waals surface area contributed by atoms with Gasteiger partial charge in [-0.25, -0.2) is 8.42 Å². The monoisotopic (exact) mass is 313 g/mol. The molecule has 0 aliphatic carbocycles. The van der Waals surface area contributed by atoms with E-state index in [1.54, 1.807) is 24.3 Å². The number of sulfone groups is 1. The quantitative estimate of drug-likeness (QED) is 0.812. The molecule has 0 radical (unpaired) electrons. The average Bonchev–Trinajstić information content (AvgIpc) is 2.37. The second-order valence-electron chi connectivity index (χ2n) is 6.42. The molecule has 0 aliphatic heterocycles. The Hall–Kier alpha value is -1.07. The van der Waals surface area contributed by atoms with Gasteiger partial charge in [0.2, 0.25) is 0 Å². The van der Waals surface area contributed by atoms with Gasteiger partial charge in [-0.05, 0) is 42.5 Å². The number of hydrogen-bond acceptors (Lipinski definition) is 4. The zero-order chi connectivity index (χ0) is 16.1. The van der Waals surface area contributed by atoms with Gasteiger partial charge in [-0.15, -0.1) is 0 Å². The fraction of sp³-hybridized carbons (Fsp3) is 0.625. The normalized spacial score (nSPS) is 14.0. The minimum Gasteiger partial charge on any atom is -0.396 e. The third-order valence-corrected chi connectivity index (χ3v) is 5.43. The van der Waals surface area contributed by atoms with Crippen LogP contribution in [-0.2, 0) is 9.84 Å². The van der Waals surface area contributed by atoms with Crippen LogP contribution in [0.2, 0.25) is 0 Å². The van der Waals surface area contributed by atoms with Crippen molar-refractivity contribution in [2.45, 2.75) is 51.5 Å². The predicted molar refractivity (Wildman–Crippen MR) is 87.4 cm³/mol. The molecule has 5 heteroatoms. The highest BCUT2D eigenvalue weighted by molar-refractivity contribution is 7.91. The molecule has 0 aliphatic rings. The van der Waals surface area contributed by atoms with Gasteiger partial charge < -0.3 is 10.4 Å². The summed E-state index contributed by atoms with van der Waals surface area (Å²) in [4.78, 5) is 0.365. The van der Waals surface area contributed by atoms with E-state index in [9.17, 15) is 8.42 Å². The predicted octanol–water partition coefficient (Wildman–Crippen LogP) is 3.08. The summed E-state index contributed by atoms with van der Waals surface area (Å²) in [5.74, 6) is 0.175. The largest absolute Gasteiger partial charge is 0.396 e. The summed E-state index contributed by atoms with van der Waals surface area (Å²) in [6.45, 7) is 8.31. The number of anilines is 1. The fourth-order valence-corrected chi connectivity index (χ4v) is 3.52. The van der Waals surface area contributed by atoms with Crippen molar-refractivity contribution in [3.05, 3.63) is 24.3 Å². The van der Waals surface area contributed by atoms with Gasteiger partial charge in [-0.1, -0.05) is 27.7 Å². The van der Waals surface area contributed by atoms with Crippen LogP contribution < -0.4 is 5.32 Å². The maximum absolute atomic E-state index is 12.0. The molecule has 0 heterocycles. The van der Waals surface area contributed by atoms with E-state index in [4.69, 9.17) is 5.11 Å². The highest BCUT2D eigenvalue weighted by atomic mass is 32.2. The van der Waals surface area contributed by atoms with Crippen molar-refractivity contribution in [2.24, 2.45) is 5.41 Å². The van der Waals surface area contributed by atoms with Crippen molar-refractivity contribution in [3.8, 4) is 0 Å². The van der Waals surface area contributed by atoms with Gasteiger partial charge in [0.1, 0.15) is 0 Å². The van der Waals surface area contributed by atoms with E-state index < -0.39 is 9.84 Å². The Morgan fingerprint density at radius 2 is 1.76 bits per heavy atom. The first-order valence-electron chi connectivity index (χ1n) is 7.41. The van der Waals surface area contributed by atoms with Crippen LogP contribution in [0.1, 0.15) is 40.5 Å². The van der Waals surface area contributed by atoms with E-state index in [2.05, 4.69) is 26.1 Å². The summed E-state index contributed by atoms with van der Waals surface area (Å²) in [5, 5.41) is 12.5. The molecule has 1 atom stereocenters. The van der Waals surface area contributed by atoms with Gasteiger partial charge in [0.05, 0.1) is 10.6 Å². The fourth-order valence-electron chi connectivity index (χ4n) is 2.20. The molecular formula is C16H27NO3S. The Morgan fingerprint density at radius 3 is 2.19 bits per heavy atom. The molecule has 1 unspecified atom stereocenters. The number of aliphatic hydroxyl groups excluding tert-OH is 1. The lowest BCUT2D eigenvalue weighted by Crippen LogP contribution is -2.34. The van der Waals surface area contributed by atoms with Crippen molar-refractivity contribution in [3.63, 3.8) is 0 Å². The lowest BCUT2D eigenvalue weighted by atomic mass is 9.85. The molecule has 1 rings (SSSR count). The molecule has 0 spiro atoms. The topological polar surface area (TPSA) is 66.4 Å².